The Morgan fingerprint density at radius 2 is 2.04 bits per heavy atom. The fourth-order valence-electron chi connectivity index (χ4n) is 3.35. The first-order chi connectivity index (χ1) is 13.5. The van der Waals surface area contributed by atoms with E-state index in [0.717, 1.165) is 5.56 Å². The molecule has 2 aliphatic rings. The van der Waals surface area contributed by atoms with Gasteiger partial charge in [0.1, 0.15) is 12.5 Å². The number of anilines is 1. The topological polar surface area (TPSA) is 88.1 Å². The van der Waals surface area contributed by atoms with Crippen LogP contribution in [-0.4, -0.2) is 37.1 Å². The third kappa shape index (κ3) is 3.26. The standard InChI is InChI=1S/C21H19N3O4/c1-13(14-5-4-6-15(11-14)24-9-10-28-21(24)27)23-20(26)17-12-22-18-8-3-2-7-16(18)19(17)25/h2-8,11-13,17H,9-10H2,1H3,(H,23,26). The van der Waals surface area contributed by atoms with Crippen molar-refractivity contribution in [1.82, 2.24) is 5.32 Å². The summed E-state index contributed by atoms with van der Waals surface area (Å²) in [5, 5.41) is 2.87. The molecule has 2 amide bonds. The van der Waals surface area contributed by atoms with E-state index < -0.39 is 11.8 Å². The molecule has 0 aromatic heterocycles. The molecule has 7 nitrogen and oxygen atoms in total. The minimum atomic E-state index is -0.950. The Labute approximate surface area is 162 Å². The third-order valence-corrected chi connectivity index (χ3v) is 4.90. The van der Waals surface area contributed by atoms with Crippen LogP contribution >= 0.6 is 0 Å². The Morgan fingerprint density at radius 3 is 2.82 bits per heavy atom. The summed E-state index contributed by atoms with van der Waals surface area (Å²) in [4.78, 5) is 42.9. The summed E-state index contributed by atoms with van der Waals surface area (Å²) in [5.41, 5.74) is 2.57. The first-order valence-corrected chi connectivity index (χ1v) is 9.06. The van der Waals surface area contributed by atoms with E-state index in [1.54, 1.807) is 29.2 Å². The van der Waals surface area contributed by atoms with Gasteiger partial charge in [0.15, 0.2) is 5.78 Å². The quantitative estimate of drug-likeness (QED) is 0.830. The Bertz CT molecular complexity index is 985. The number of amides is 2. The summed E-state index contributed by atoms with van der Waals surface area (Å²) in [7, 11) is 0. The molecule has 4 rings (SSSR count). The normalized spacial score (nSPS) is 19.2. The molecular weight excluding hydrogens is 358 g/mol. The maximum absolute atomic E-state index is 12.7. The van der Waals surface area contributed by atoms with Crippen LogP contribution in [0.5, 0.6) is 0 Å². The minimum Gasteiger partial charge on any atom is -0.447 e. The summed E-state index contributed by atoms with van der Waals surface area (Å²) in [6, 6.07) is 14.0. The second-order valence-corrected chi connectivity index (χ2v) is 6.73. The van der Waals surface area contributed by atoms with Crippen LogP contribution in [-0.2, 0) is 9.53 Å². The molecule has 7 heteroatoms. The molecule has 0 saturated carbocycles. The number of rotatable bonds is 4. The highest BCUT2D eigenvalue weighted by Gasteiger charge is 2.31. The summed E-state index contributed by atoms with van der Waals surface area (Å²) < 4.78 is 4.97. The second-order valence-electron chi connectivity index (χ2n) is 6.73. The van der Waals surface area contributed by atoms with Gasteiger partial charge in [-0.3, -0.25) is 19.5 Å². The van der Waals surface area contributed by atoms with Gasteiger partial charge < -0.3 is 10.1 Å². The van der Waals surface area contributed by atoms with Gasteiger partial charge in [-0.25, -0.2) is 4.79 Å². The average Bonchev–Trinajstić information content (AvgIpc) is 3.14. The number of hydrogen-bond acceptors (Lipinski definition) is 5. The van der Waals surface area contributed by atoms with Gasteiger partial charge in [0.2, 0.25) is 5.91 Å². The molecule has 28 heavy (non-hydrogen) atoms. The maximum Gasteiger partial charge on any atom is 0.414 e. The number of Topliss-reactive ketones (excluding diaryl/α,β-unsaturated/α-hetero) is 1. The lowest BCUT2D eigenvalue weighted by Crippen LogP contribution is -2.38. The molecule has 1 fully saturated rings. The van der Waals surface area contributed by atoms with Gasteiger partial charge in [0.25, 0.3) is 0 Å². The largest absolute Gasteiger partial charge is 0.447 e. The van der Waals surface area contributed by atoms with Crippen molar-refractivity contribution in [2.24, 2.45) is 10.9 Å². The van der Waals surface area contributed by atoms with Crippen LogP contribution in [0, 0.1) is 5.92 Å². The zero-order chi connectivity index (χ0) is 19.7. The number of carbonyl (C=O) groups excluding carboxylic acids is 3. The monoisotopic (exact) mass is 377 g/mol. The predicted molar refractivity (Wildman–Crippen MR) is 104 cm³/mol. The lowest BCUT2D eigenvalue weighted by molar-refractivity contribution is -0.122. The third-order valence-electron chi connectivity index (χ3n) is 4.90. The van der Waals surface area contributed by atoms with Crippen molar-refractivity contribution in [3.8, 4) is 0 Å². The zero-order valence-electron chi connectivity index (χ0n) is 15.3. The smallest absolute Gasteiger partial charge is 0.414 e. The van der Waals surface area contributed by atoms with Crippen LogP contribution < -0.4 is 10.2 Å². The maximum atomic E-state index is 12.7. The Hall–Kier alpha value is -3.48. The lowest BCUT2D eigenvalue weighted by atomic mass is 9.93. The summed E-state index contributed by atoms with van der Waals surface area (Å²) in [6.45, 7) is 2.69. The first-order valence-electron chi connectivity index (χ1n) is 9.06. The fraction of sp³-hybridized carbons (Fsp3) is 0.238. The molecule has 0 bridgehead atoms. The summed E-state index contributed by atoms with van der Waals surface area (Å²) >= 11 is 0. The van der Waals surface area contributed by atoms with Gasteiger partial charge >= 0.3 is 6.09 Å². The molecule has 0 spiro atoms. The number of fused-ring (bicyclic) bond motifs is 1. The molecule has 2 aromatic carbocycles. The minimum absolute atomic E-state index is 0.260. The van der Waals surface area contributed by atoms with Crippen molar-refractivity contribution in [3.63, 3.8) is 0 Å². The Kier molecular flexibility index (Phi) is 4.65. The van der Waals surface area contributed by atoms with Crippen molar-refractivity contribution in [3.05, 3.63) is 59.7 Å². The number of ether oxygens (including phenoxy) is 1. The highest BCUT2D eigenvalue weighted by atomic mass is 16.6. The summed E-state index contributed by atoms with van der Waals surface area (Å²) in [6.07, 6.45) is 1.01. The molecule has 2 aromatic rings. The van der Waals surface area contributed by atoms with E-state index in [2.05, 4.69) is 10.3 Å². The highest BCUT2D eigenvalue weighted by Crippen LogP contribution is 2.27. The first kappa shape index (κ1) is 17.9. The molecule has 2 heterocycles. The molecule has 0 aliphatic carbocycles. The van der Waals surface area contributed by atoms with E-state index in [1.165, 1.54) is 6.21 Å². The van der Waals surface area contributed by atoms with E-state index in [4.69, 9.17) is 4.74 Å². The molecule has 0 radical (unpaired) electrons. The fourth-order valence-corrected chi connectivity index (χ4v) is 3.35. The molecular formula is C21H19N3O4. The van der Waals surface area contributed by atoms with Crippen LogP contribution in [0.2, 0.25) is 0 Å². The van der Waals surface area contributed by atoms with Gasteiger partial charge in [-0.1, -0.05) is 24.3 Å². The van der Waals surface area contributed by atoms with Crippen LogP contribution in [0.3, 0.4) is 0 Å². The highest BCUT2D eigenvalue weighted by molar-refractivity contribution is 6.23. The molecule has 2 unspecified atom stereocenters. The van der Waals surface area contributed by atoms with Gasteiger partial charge in [-0.2, -0.15) is 0 Å². The number of hydrogen-bond donors (Lipinski definition) is 1. The molecule has 1 N–H and O–H groups in total. The van der Waals surface area contributed by atoms with Crippen molar-refractivity contribution in [2.75, 3.05) is 18.1 Å². The van der Waals surface area contributed by atoms with E-state index in [1.807, 2.05) is 31.2 Å². The number of benzene rings is 2. The number of cyclic esters (lactones) is 1. The number of para-hydroxylation sites is 1. The van der Waals surface area contributed by atoms with Crippen LogP contribution in [0.25, 0.3) is 0 Å². The molecule has 2 aliphatic heterocycles. The Morgan fingerprint density at radius 1 is 1.21 bits per heavy atom. The average molecular weight is 377 g/mol. The predicted octanol–water partition coefficient (Wildman–Crippen LogP) is 3.04. The van der Waals surface area contributed by atoms with Crippen LogP contribution in [0.15, 0.2) is 53.5 Å². The van der Waals surface area contributed by atoms with Crippen molar-refractivity contribution >= 4 is 35.4 Å². The van der Waals surface area contributed by atoms with Gasteiger partial charge in [-0.05, 0) is 36.8 Å². The molecule has 2 atom stereocenters. The SMILES string of the molecule is CC(NC(=O)C1C=Nc2ccccc2C1=O)c1cccc(N2CCOC2=O)c1. The van der Waals surface area contributed by atoms with E-state index >= 15 is 0 Å². The Balaban J connectivity index is 1.48. The number of ketones is 1. The van der Waals surface area contributed by atoms with Crippen molar-refractivity contribution in [2.45, 2.75) is 13.0 Å². The molecule has 1 saturated heterocycles. The molecule has 142 valence electrons. The van der Waals surface area contributed by atoms with Gasteiger partial charge in [0.05, 0.1) is 18.3 Å². The van der Waals surface area contributed by atoms with E-state index in [9.17, 15) is 14.4 Å². The van der Waals surface area contributed by atoms with Gasteiger partial charge in [-0.15, -0.1) is 0 Å². The number of nitrogens with zero attached hydrogens (tertiary/aromatic N) is 2. The number of nitrogens with one attached hydrogen (secondary N) is 1. The van der Waals surface area contributed by atoms with Crippen molar-refractivity contribution in [1.29, 1.82) is 0 Å². The van der Waals surface area contributed by atoms with E-state index in [-0.39, 0.29) is 17.9 Å². The number of carbonyl (C=O) groups is 3. The van der Waals surface area contributed by atoms with Crippen molar-refractivity contribution < 1.29 is 19.1 Å². The van der Waals surface area contributed by atoms with Gasteiger partial charge in [0, 0.05) is 17.5 Å². The van der Waals surface area contributed by atoms with E-state index in [0.29, 0.717) is 30.1 Å². The lowest BCUT2D eigenvalue weighted by Gasteiger charge is -2.21. The van der Waals surface area contributed by atoms with Crippen LogP contribution in [0.4, 0.5) is 16.2 Å². The number of aliphatic imine (C=N–C) groups is 1. The zero-order valence-corrected chi connectivity index (χ0v) is 15.3. The van der Waals surface area contributed by atoms with Crippen LogP contribution in [0.1, 0.15) is 28.9 Å². The second kappa shape index (κ2) is 7.26. The summed E-state index contributed by atoms with van der Waals surface area (Å²) in [5.74, 6) is -1.61.